The number of carbonyl (C=O) groups excluding carboxylic acids is 3. The van der Waals surface area contributed by atoms with Crippen molar-refractivity contribution in [2.45, 2.75) is 31.7 Å². The van der Waals surface area contributed by atoms with Gasteiger partial charge in [-0.15, -0.1) is 0 Å². The van der Waals surface area contributed by atoms with Gasteiger partial charge in [-0.2, -0.15) is 0 Å². The molecule has 41 heavy (non-hydrogen) atoms. The van der Waals surface area contributed by atoms with Gasteiger partial charge in [0.15, 0.2) is 0 Å². The Labute approximate surface area is 238 Å². The van der Waals surface area contributed by atoms with E-state index in [1.54, 1.807) is 41.4 Å². The summed E-state index contributed by atoms with van der Waals surface area (Å²) in [4.78, 5) is 48.7. The maximum Gasteiger partial charge on any atom is 0.240 e. The molecule has 2 aromatic carbocycles. The minimum absolute atomic E-state index is 0.0511. The number of rotatable bonds is 12. The molecule has 0 radical (unpaired) electrons. The lowest BCUT2D eigenvalue weighted by Crippen LogP contribution is -2.52. The minimum Gasteiger partial charge on any atom is -0.368 e. The molecule has 1 aromatic heterocycles. The molecule has 0 spiro atoms. The average molecular weight is 564 g/mol. The van der Waals surface area contributed by atoms with Crippen molar-refractivity contribution in [2.75, 3.05) is 39.3 Å². The molecule has 2 N–H and O–H groups in total. The number of hydrogen-bond donors (Lipinski definition) is 1. The predicted molar refractivity (Wildman–Crippen MR) is 150 cm³/mol. The molecule has 2 heterocycles. The summed E-state index contributed by atoms with van der Waals surface area (Å²) in [7, 11) is 0. The van der Waals surface area contributed by atoms with Gasteiger partial charge in [0, 0.05) is 51.0 Å². The number of halogens is 2. The van der Waals surface area contributed by atoms with Crippen molar-refractivity contribution in [1.29, 1.82) is 0 Å². The summed E-state index contributed by atoms with van der Waals surface area (Å²) in [5.74, 6) is -1.79. The summed E-state index contributed by atoms with van der Waals surface area (Å²) in [6, 6.07) is 17.1. The Hall–Kier alpha value is -4.18. The maximum absolute atomic E-state index is 13.9. The molecule has 1 saturated heterocycles. The lowest BCUT2D eigenvalue weighted by atomic mass is 10.1. The largest absolute Gasteiger partial charge is 0.368 e. The summed E-state index contributed by atoms with van der Waals surface area (Å²) >= 11 is 0. The Morgan fingerprint density at radius 3 is 2.10 bits per heavy atom. The van der Waals surface area contributed by atoms with E-state index in [0.29, 0.717) is 45.4 Å². The number of carbonyl (C=O) groups is 3. The molecule has 10 heteroatoms. The highest BCUT2D eigenvalue weighted by molar-refractivity contribution is 5.91. The van der Waals surface area contributed by atoms with Crippen molar-refractivity contribution in [3.63, 3.8) is 0 Å². The van der Waals surface area contributed by atoms with Crippen molar-refractivity contribution >= 4 is 17.7 Å². The first-order valence-corrected chi connectivity index (χ1v) is 13.8. The van der Waals surface area contributed by atoms with E-state index in [4.69, 9.17) is 5.73 Å². The van der Waals surface area contributed by atoms with Crippen LogP contribution in [0.5, 0.6) is 0 Å². The standard InChI is InChI=1S/C31H35F2N5O3/c32-25-8-4-23(5-9-25)12-16-36-19-20-37(17-13-24-6-10-26(33)11-7-24)30(40)21-28(36)31(41)38(22-29(34)39)18-14-27-3-1-2-15-35-27/h1-11,15,28H,12-14,16-22H2,(H2,34,39). The second kappa shape index (κ2) is 14.5. The van der Waals surface area contributed by atoms with Crippen molar-refractivity contribution in [1.82, 2.24) is 19.7 Å². The van der Waals surface area contributed by atoms with E-state index in [9.17, 15) is 23.2 Å². The zero-order valence-corrected chi connectivity index (χ0v) is 22.9. The molecule has 1 atom stereocenters. The van der Waals surface area contributed by atoms with E-state index in [0.717, 1.165) is 16.8 Å². The van der Waals surface area contributed by atoms with Crippen LogP contribution in [-0.2, 0) is 33.6 Å². The second-order valence-electron chi connectivity index (χ2n) is 10.2. The number of pyridine rings is 1. The van der Waals surface area contributed by atoms with Gasteiger partial charge < -0.3 is 15.5 Å². The third-order valence-corrected chi connectivity index (χ3v) is 7.31. The summed E-state index contributed by atoms with van der Waals surface area (Å²) in [6.45, 7) is 1.71. The van der Waals surface area contributed by atoms with Crippen LogP contribution in [0.1, 0.15) is 23.2 Å². The Morgan fingerprint density at radius 2 is 1.51 bits per heavy atom. The van der Waals surface area contributed by atoms with E-state index in [2.05, 4.69) is 4.98 Å². The molecular weight excluding hydrogens is 528 g/mol. The summed E-state index contributed by atoms with van der Waals surface area (Å²) < 4.78 is 26.7. The first kappa shape index (κ1) is 29.8. The molecule has 3 amide bonds. The van der Waals surface area contributed by atoms with Gasteiger partial charge in [-0.25, -0.2) is 8.78 Å². The molecule has 4 rings (SSSR count). The molecule has 1 fully saturated rings. The summed E-state index contributed by atoms with van der Waals surface area (Å²) in [6.07, 6.45) is 3.15. The lowest BCUT2D eigenvalue weighted by Gasteiger charge is -2.32. The van der Waals surface area contributed by atoms with Crippen LogP contribution < -0.4 is 5.73 Å². The van der Waals surface area contributed by atoms with E-state index in [1.807, 2.05) is 17.0 Å². The number of amides is 3. The molecule has 0 saturated carbocycles. The van der Waals surface area contributed by atoms with Gasteiger partial charge in [0.1, 0.15) is 11.6 Å². The van der Waals surface area contributed by atoms with Crippen LogP contribution in [0, 0.1) is 11.6 Å². The van der Waals surface area contributed by atoms with Gasteiger partial charge in [-0.3, -0.25) is 24.3 Å². The molecule has 1 unspecified atom stereocenters. The van der Waals surface area contributed by atoms with Crippen molar-refractivity contribution < 1.29 is 23.2 Å². The van der Waals surface area contributed by atoms with Crippen LogP contribution in [0.4, 0.5) is 8.78 Å². The third kappa shape index (κ3) is 8.91. The molecule has 1 aliphatic heterocycles. The van der Waals surface area contributed by atoms with Crippen molar-refractivity contribution in [2.24, 2.45) is 5.73 Å². The third-order valence-electron chi connectivity index (χ3n) is 7.31. The van der Waals surface area contributed by atoms with Gasteiger partial charge in [-0.1, -0.05) is 30.3 Å². The zero-order chi connectivity index (χ0) is 29.2. The van der Waals surface area contributed by atoms with E-state index < -0.39 is 11.9 Å². The van der Waals surface area contributed by atoms with Crippen LogP contribution in [0.2, 0.25) is 0 Å². The highest BCUT2D eigenvalue weighted by Gasteiger charge is 2.36. The number of nitrogens with zero attached hydrogens (tertiary/aromatic N) is 4. The second-order valence-corrected chi connectivity index (χ2v) is 10.2. The number of aromatic nitrogens is 1. The van der Waals surface area contributed by atoms with E-state index in [-0.39, 0.29) is 43.0 Å². The van der Waals surface area contributed by atoms with Gasteiger partial charge in [0.2, 0.25) is 17.7 Å². The number of benzene rings is 2. The molecule has 3 aromatic rings. The van der Waals surface area contributed by atoms with Gasteiger partial charge in [0.05, 0.1) is 19.0 Å². The average Bonchev–Trinajstić information content (AvgIpc) is 3.12. The molecule has 8 nitrogen and oxygen atoms in total. The summed E-state index contributed by atoms with van der Waals surface area (Å²) in [5.41, 5.74) is 8.09. The first-order valence-electron chi connectivity index (χ1n) is 13.8. The monoisotopic (exact) mass is 563 g/mol. The van der Waals surface area contributed by atoms with Crippen molar-refractivity contribution in [3.05, 3.63) is 101 Å². The van der Waals surface area contributed by atoms with Gasteiger partial charge in [-0.05, 0) is 60.4 Å². The van der Waals surface area contributed by atoms with Crippen LogP contribution in [0.15, 0.2) is 72.9 Å². The van der Waals surface area contributed by atoms with Crippen LogP contribution >= 0.6 is 0 Å². The highest BCUT2D eigenvalue weighted by Crippen LogP contribution is 2.18. The summed E-state index contributed by atoms with van der Waals surface area (Å²) in [5, 5.41) is 0. The smallest absolute Gasteiger partial charge is 0.240 e. The predicted octanol–water partition coefficient (Wildman–Crippen LogP) is 2.60. The molecule has 1 aliphatic rings. The molecule has 0 aliphatic carbocycles. The van der Waals surface area contributed by atoms with Crippen molar-refractivity contribution in [3.8, 4) is 0 Å². The van der Waals surface area contributed by atoms with Gasteiger partial charge >= 0.3 is 0 Å². The number of nitrogens with two attached hydrogens (primary N) is 1. The number of hydrogen-bond acceptors (Lipinski definition) is 5. The Morgan fingerprint density at radius 1 is 0.878 bits per heavy atom. The minimum atomic E-state index is -0.790. The fourth-order valence-corrected chi connectivity index (χ4v) is 5.00. The van der Waals surface area contributed by atoms with Gasteiger partial charge in [0.25, 0.3) is 0 Å². The lowest BCUT2D eigenvalue weighted by molar-refractivity contribution is -0.142. The fraction of sp³-hybridized carbons (Fsp3) is 0.355. The van der Waals surface area contributed by atoms with Crippen LogP contribution in [-0.4, -0.2) is 82.7 Å². The highest BCUT2D eigenvalue weighted by atomic mass is 19.1. The van der Waals surface area contributed by atoms with Crippen LogP contribution in [0.25, 0.3) is 0 Å². The maximum atomic E-state index is 13.9. The Balaban J connectivity index is 1.51. The number of primary amides is 1. The zero-order valence-electron chi connectivity index (χ0n) is 22.9. The topological polar surface area (TPSA) is 99.8 Å². The Bertz CT molecular complexity index is 1310. The first-order chi connectivity index (χ1) is 19.8. The Kier molecular flexibility index (Phi) is 10.5. The van der Waals surface area contributed by atoms with E-state index >= 15 is 0 Å². The molecule has 216 valence electrons. The normalized spacial score (nSPS) is 15.9. The molecular formula is C31H35F2N5O3. The molecule has 0 bridgehead atoms. The van der Waals surface area contributed by atoms with E-state index in [1.165, 1.54) is 29.2 Å². The SMILES string of the molecule is NC(=O)CN(CCc1ccccn1)C(=O)C1CC(=O)N(CCc2ccc(F)cc2)CCN1CCc1ccc(F)cc1. The quantitative estimate of drug-likeness (QED) is 0.365. The van der Waals surface area contributed by atoms with Crippen LogP contribution in [0.3, 0.4) is 0 Å². The fourth-order valence-electron chi connectivity index (χ4n) is 5.00.